The van der Waals surface area contributed by atoms with Gasteiger partial charge in [-0.2, -0.15) is 5.90 Å². The number of carbonyl (C=O) groups is 4. The number of nitro benzene ring substituents is 1. The monoisotopic (exact) mass is 697 g/mol. The average molecular weight is 698 g/mol. The second-order valence-electron chi connectivity index (χ2n) is 11.6. The van der Waals surface area contributed by atoms with E-state index in [9.17, 15) is 34.4 Å². The number of ether oxygens (including phenoxy) is 2. The van der Waals surface area contributed by atoms with Gasteiger partial charge in [0.15, 0.2) is 0 Å². The normalized spacial score (nSPS) is 12.1. The number of nitro groups is 1. The van der Waals surface area contributed by atoms with Gasteiger partial charge in [0.25, 0.3) is 11.6 Å². The number of hydrogen-bond acceptors (Lipinski definition) is 11. The van der Waals surface area contributed by atoms with Crippen LogP contribution in [0.15, 0.2) is 84.9 Å². The third kappa shape index (κ3) is 8.58. The highest BCUT2D eigenvalue weighted by molar-refractivity contribution is 5.98. The van der Waals surface area contributed by atoms with Crippen molar-refractivity contribution >= 4 is 29.8 Å². The van der Waals surface area contributed by atoms with E-state index < -0.39 is 40.8 Å². The SMILES string of the molecule is CC(OC(=O)NCCCNC(=O)c1ccc(C(=O)ON)c(O)c1)c1ccc(CNC(=O)OCC2c3ccccc3-c3ccccc32)cc1[N+](=O)[O-]. The van der Waals surface area contributed by atoms with Crippen molar-refractivity contribution in [2.24, 2.45) is 5.90 Å². The molecule has 1 atom stereocenters. The average Bonchev–Trinajstić information content (AvgIpc) is 3.45. The first-order chi connectivity index (χ1) is 24.6. The van der Waals surface area contributed by atoms with E-state index in [1.165, 1.54) is 31.2 Å². The lowest BCUT2D eigenvalue weighted by atomic mass is 9.98. The van der Waals surface area contributed by atoms with Crippen LogP contribution >= 0.6 is 0 Å². The molecule has 0 aromatic heterocycles. The van der Waals surface area contributed by atoms with E-state index in [4.69, 9.17) is 15.4 Å². The molecule has 0 saturated heterocycles. The standard InChI is InChI=1S/C36H35N5O10/c1-21(50-36(46)39-16-6-15-38-33(43)23-12-14-29(32(42)18-23)34(44)51-37)24-13-11-22(17-31(24)41(47)48)19-40-35(45)49-20-30-27-9-4-2-7-25(27)26-8-3-5-10-28(26)30/h2-5,7-14,17-18,21,30,42H,6,15-16,19-20,37H2,1H3,(H,38,43)(H,39,46)(H,40,45). The molecule has 0 heterocycles. The van der Waals surface area contributed by atoms with Crippen LogP contribution in [0.3, 0.4) is 0 Å². The largest absolute Gasteiger partial charge is 0.507 e. The Morgan fingerprint density at radius 2 is 1.55 bits per heavy atom. The van der Waals surface area contributed by atoms with Gasteiger partial charge in [0.1, 0.15) is 24.0 Å². The summed E-state index contributed by atoms with van der Waals surface area (Å²) in [5, 5.41) is 29.6. The second-order valence-corrected chi connectivity index (χ2v) is 11.6. The molecule has 0 radical (unpaired) electrons. The number of nitrogens with zero attached hydrogens (tertiary/aromatic N) is 1. The molecule has 15 heteroatoms. The smallest absolute Gasteiger partial charge is 0.407 e. The Balaban J connectivity index is 1.06. The Hall–Kier alpha value is -6.48. The summed E-state index contributed by atoms with van der Waals surface area (Å²) in [5.74, 6) is 2.73. The van der Waals surface area contributed by atoms with E-state index >= 15 is 0 Å². The predicted molar refractivity (Wildman–Crippen MR) is 183 cm³/mol. The maximum absolute atomic E-state index is 12.6. The van der Waals surface area contributed by atoms with Crippen molar-refractivity contribution in [1.82, 2.24) is 16.0 Å². The number of hydrogen-bond donors (Lipinski definition) is 5. The maximum Gasteiger partial charge on any atom is 0.407 e. The number of fused-ring (bicyclic) bond motifs is 3. The fraction of sp³-hybridized carbons (Fsp3) is 0.222. The van der Waals surface area contributed by atoms with E-state index in [1.807, 2.05) is 48.5 Å². The molecule has 4 aromatic carbocycles. The van der Waals surface area contributed by atoms with Gasteiger partial charge in [-0.15, -0.1) is 0 Å². The Labute approximate surface area is 291 Å². The summed E-state index contributed by atoms with van der Waals surface area (Å²) in [6.07, 6.45) is -2.16. The van der Waals surface area contributed by atoms with Gasteiger partial charge >= 0.3 is 18.2 Å². The van der Waals surface area contributed by atoms with Gasteiger partial charge < -0.3 is 35.4 Å². The molecule has 264 valence electrons. The topological polar surface area (TPSA) is 221 Å². The number of aromatic hydroxyl groups is 1. The molecule has 1 unspecified atom stereocenters. The van der Waals surface area contributed by atoms with Gasteiger partial charge in [0.05, 0.1) is 10.5 Å². The number of rotatable bonds is 13. The predicted octanol–water partition coefficient (Wildman–Crippen LogP) is 4.98. The van der Waals surface area contributed by atoms with Crippen molar-refractivity contribution in [3.63, 3.8) is 0 Å². The van der Waals surface area contributed by atoms with E-state index in [1.54, 1.807) is 6.07 Å². The van der Waals surface area contributed by atoms with E-state index in [0.717, 1.165) is 28.3 Å². The fourth-order valence-electron chi connectivity index (χ4n) is 5.78. The molecule has 0 bridgehead atoms. The Morgan fingerprint density at radius 1 is 0.882 bits per heavy atom. The van der Waals surface area contributed by atoms with Gasteiger partial charge in [-0.3, -0.25) is 14.9 Å². The van der Waals surface area contributed by atoms with Crippen molar-refractivity contribution in [3.05, 3.63) is 128 Å². The molecular formula is C36H35N5O10. The minimum absolute atomic E-state index is 0.0283. The molecule has 6 N–H and O–H groups in total. The molecule has 3 amide bonds. The van der Waals surface area contributed by atoms with Crippen LogP contribution in [-0.4, -0.2) is 53.8 Å². The first-order valence-electron chi connectivity index (χ1n) is 15.9. The Kier molecular flexibility index (Phi) is 11.4. The maximum atomic E-state index is 12.6. The number of nitrogens with one attached hydrogen (secondary N) is 3. The molecule has 1 aliphatic carbocycles. The Bertz CT molecular complexity index is 1920. The zero-order valence-electron chi connectivity index (χ0n) is 27.4. The highest BCUT2D eigenvalue weighted by Crippen LogP contribution is 2.44. The van der Waals surface area contributed by atoms with Crippen LogP contribution in [0.4, 0.5) is 15.3 Å². The van der Waals surface area contributed by atoms with E-state index in [2.05, 4.69) is 20.8 Å². The van der Waals surface area contributed by atoms with Gasteiger partial charge in [0.2, 0.25) is 0 Å². The number of nitrogens with two attached hydrogens (primary N) is 1. The molecule has 51 heavy (non-hydrogen) atoms. The molecule has 0 spiro atoms. The summed E-state index contributed by atoms with van der Waals surface area (Å²) in [6.45, 7) is 1.85. The van der Waals surface area contributed by atoms with Crippen molar-refractivity contribution in [2.45, 2.75) is 31.9 Å². The highest BCUT2D eigenvalue weighted by atomic mass is 16.7. The lowest BCUT2D eigenvalue weighted by molar-refractivity contribution is -0.386. The number of alkyl carbamates (subject to hydrolysis) is 2. The molecule has 0 saturated carbocycles. The summed E-state index contributed by atoms with van der Waals surface area (Å²) in [4.78, 5) is 64.2. The molecule has 5 rings (SSSR count). The van der Waals surface area contributed by atoms with Gasteiger partial charge in [-0.1, -0.05) is 54.6 Å². The first-order valence-corrected chi connectivity index (χ1v) is 15.9. The second kappa shape index (κ2) is 16.3. The minimum atomic E-state index is -0.985. The van der Waals surface area contributed by atoms with Crippen LogP contribution in [0, 0.1) is 10.1 Å². The third-order valence-electron chi connectivity index (χ3n) is 8.29. The fourth-order valence-corrected chi connectivity index (χ4v) is 5.78. The number of phenols is 1. The lowest BCUT2D eigenvalue weighted by Gasteiger charge is -2.16. The highest BCUT2D eigenvalue weighted by Gasteiger charge is 2.29. The third-order valence-corrected chi connectivity index (χ3v) is 8.29. The number of carbonyl (C=O) groups excluding carboxylic acids is 4. The zero-order valence-corrected chi connectivity index (χ0v) is 27.4. The molecule has 1 aliphatic rings. The summed E-state index contributed by atoms with van der Waals surface area (Å²) in [6, 6.07) is 23.9. The summed E-state index contributed by atoms with van der Waals surface area (Å²) >= 11 is 0. The quantitative estimate of drug-likeness (QED) is 0.0712. The number of amides is 3. The van der Waals surface area contributed by atoms with Crippen molar-refractivity contribution in [1.29, 1.82) is 0 Å². The van der Waals surface area contributed by atoms with Crippen molar-refractivity contribution < 1.29 is 43.5 Å². The number of phenolic OH excluding ortho intramolecular Hbond substituents is 1. The van der Waals surface area contributed by atoms with Gasteiger partial charge in [-0.25, -0.2) is 14.4 Å². The molecule has 15 nitrogen and oxygen atoms in total. The summed E-state index contributed by atoms with van der Waals surface area (Å²) < 4.78 is 10.9. The molecule has 4 aromatic rings. The Morgan fingerprint density at radius 3 is 2.20 bits per heavy atom. The molecule has 0 fully saturated rings. The van der Waals surface area contributed by atoms with Crippen LogP contribution in [0.5, 0.6) is 5.75 Å². The lowest BCUT2D eigenvalue weighted by Crippen LogP contribution is -2.30. The minimum Gasteiger partial charge on any atom is -0.507 e. The van der Waals surface area contributed by atoms with E-state index in [0.29, 0.717) is 12.0 Å². The summed E-state index contributed by atoms with van der Waals surface area (Å²) in [7, 11) is 0. The summed E-state index contributed by atoms with van der Waals surface area (Å²) in [5.41, 5.74) is 4.57. The first kappa shape index (κ1) is 35.8. The van der Waals surface area contributed by atoms with Gasteiger partial charge in [-0.05, 0) is 65.4 Å². The molecular weight excluding hydrogens is 662 g/mol. The van der Waals surface area contributed by atoms with Crippen LogP contribution in [-0.2, 0) is 20.9 Å². The van der Waals surface area contributed by atoms with Crippen LogP contribution in [0.2, 0.25) is 0 Å². The zero-order chi connectivity index (χ0) is 36.5. The number of benzene rings is 4. The van der Waals surface area contributed by atoms with E-state index in [-0.39, 0.29) is 54.5 Å². The van der Waals surface area contributed by atoms with Gasteiger partial charge in [0, 0.05) is 37.2 Å². The molecule has 0 aliphatic heterocycles. The van der Waals surface area contributed by atoms with Crippen molar-refractivity contribution in [3.8, 4) is 16.9 Å². The van der Waals surface area contributed by atoms with Crippen LogP contribution < -0.4 is 21.8 Å². The van der Waals surface area contributed by atoms with Crippen LogP contribution in [0.1, 0.15) is 68.3 Å². The van der Waals surface area contributed by atoms with Crippen molar-refractivity contribution in [2.75, 3.05) is 19.7 Å². The van der Waals surface area contributed by atoms with Crippen LogP contribution in [0.25, 0.3) is 11.1 Å².